The van der Waals surface area contributed by atoms with E-state index in [1.54, 1.807) is 0 Å². The van der Waals surface area contributed by atoms with E-state index in [-0.39, 0.29) is 0 Å². The van der Waals surface area contributed by atoms with E-state index in [2.05, 4.69) is 30.5 Å². The third-order valence-corrected chi connectivity index (χ3v) is 2.59. The molecule has 0 bridgehead atoms. The zero-order valence-electron chi connectivity index (χ0n) is 5.55. The fourth-order valence-corrected chi connectivity index (χ4v) is 1.88. The Bertz CT molecular complexity index is 74.9. The van der Waals surface area contributed by atoms with Crippen LogP contribution in [-0.2, 0) is 0 Å². The molecule has 1 rings (SSSR count). The van der Waals surface area contributed by atoms with Crippen molar-refractivity contribution in [1.82, 2.24) is 4.90 Å². The second-order valence-electron chi connectivity index (χ2n) is 2.00. The van der Waals surface area contributed by atoms with Crippen LogP contribution in [-0.4, -0.2) is 29.1 Å². The van der Waals surface area contributed by atoms with Crippen LogP contribution in [0.4, 0.5) is 0 Å². The lowest BCUT2D eigenvalue weighted by Crippen LogP contribution is -1.96. The van der Waals surface area contributed by atoms with Gasteiger partial charge in [0.1, 0.15) is 0 Å². The Morgan fingerprint density at radius 3 is 2.75 bits per heavy atom. The summed E-state index contributed by atoms with van der Waals surface area (Å²) in [6, 6.07) is 0. The summed E-state index contributed by atoms with van der Waals surface area (Å²) in [6.07, 6.45) is 0. The van der Waals surface area contributed by atoms with E-state index < -0.39 is 0 Å². The highest BCUT2D eigenvalue weighted by molar-refractivity contribution is 8.00. The first-order chi connectivity index (χ1) is 3.88. The fourth-order valence-electron chi connectivity index (χ4n) is 0.837. The van der Waals surface area contributed by atoms with E-state index in [0.717, 1.165) is 5.37 Å². The highest BCUT2D eigenvalue weighted by Gasteiger charge is 2.31. The molecule has 0 aliphatic carbocycles. The first-order valence-electron chi connectivity index (χ1n) is 3.24. The van der Waals surface area contributed by atoms with Crippen LogP contribution in [0.25, 0.3) is 0 Å². The molecular weight excluding hydrogens is 118 g/mol. The summed E-state index contributed by atoms with van der Waals surface area (Å²) in [4.78, 5) is 2.47. The van der Waals surface area contributed by atoms with Crippen LogP contribution >= 0.6 is 11.8 Å². The molecule has 0 spiro atoms. The smallest absolute Gasteiger partial charge is 0.0687 e. The Morgan fingerprint density at radius 1 is 1.62 bits per heavy atom. The molecule has 0 N–H and O–H groups in total. The molecule has 1 heterocycles. The average molecular weight is 131 g/mol. The van der Waals surface area contributed by atoms with Gasteiger partial charge < -0.3 is 0 Å². The minimum absolute atomic E-state index is 0.880. The molecule has 0 radical (unpaired) electrons. The fraction of sp³-hybridized carbons (Fsp3) is 1.00. The monoisotopic (exact) mass is 131 g/mol. The van der Waals surface area contributed by atoms with Crippen LogP contribution in [0.2, 0.25) is 0 Å². The quantitative estimate of drug-likeness (QED) is 0.532. The van der Waals surface area contributed by atoms with Crippen LogP contribution in [0.1, 0.15) is 13.8 Å². The van der Waals surface area contributed by atoms with Crippen molar-refractivity contribution >= 4 is 11.8 Å². The van der Waals surface area contributed by atoms with Gasteiger partial charge in [0.05, 0.1) is 5.37 Å². The van der Waals surface area contributed by atoms with Gasteiger partial charge in [0.25, 0.3) is 0 Å². The summed E-state index contributed by atoms with van der Waals surface area (Å²) in [5, 5.41) is 0.880. The zero-order valence-corrected chi connectivity index (χ0v) is 6.37. The van der Waals surface area contributed by atoms with Crippen LogP contribution in [0, 0.1) is 0 Å². The SMILES string of the molecule is CCS[C@H]1CN1CC. The number of likely N-dealkylation sites (N-methyl/N-ethyl adjacent to an activating group) is 1. The molecule has 2 atom stereocenters. The van der Waals surface area contributed by atoms with Gasteiger partial charge >= 0.3 is 0 Å². The van der Waals surface area contributed by atoms with E-state index in [1.807, 2.05) is 0 Å². The standard InChI is InChI=1S/C6H13NS/c1-3-7-5-6(7)8-4-2/h6H,3-5H2,1-2H3/t6-,7?/m0/s1. The van der Waals surface area contributed by atoms with Gasteiger partial charge in [-0.15, -0.1) is 11.8 Å². The summed E-state index contributed by atoms with van der Waals surface area (Å²) in [6.45, 7) is 7.00. The number of hydrogen-bond acceptors (Lipinski definition) is 2. The molecule has 0 aromatic heterocycles. The van der Waals surface area contributed by atoms with E-state index in [0.29, 0.717) is 0 Å². The Morgan fingerprint density at radius 2 is 2.38 bits per heavy atom. The minimum Gasteiger partial charge on any atom is -0.288 e. The lowest BCUT2D eigenvalue weighted by Gasteiger charge is -1.93. The van der Waals surface area contributed by atoms with Crippen molar-refractivity contribution in [3.8, 4) is 0 Å². The number of hydrogen-bond donors (Lipinski definition) is 0. The van der Waals surface area contributed by atoms with Crippen LogP contribution < -0.4 is 0 Å². The molecule has 1 nitrogen and oxygen atoms in total. The van der Waals surface area contributed by atoms with Gasteiger partial charge in [-0.1, -0.05) is 13.8 Å². The molecule has 48 valence electrons. The lowest BCUT2D eigenvalue weighted by atomic mass is 10.8. The molecule has 0 aromatic rings. The Hall–Kier alpha value is 0.310. The summed E-state index contributed by atoms with van der Waals surface area (Å²) in [5.41, 5.74) is 0. The van der Waals surface area contributed by atoms with Gasteiger partial charge in [-0.3, -0.25) is 4.90 Å². The van der Waals surface area contributed by atoms with Crippen LogP contribution in [0.3, 0.4) is 0 Å². The van der Waals surface area contributed by atoms with Crippen molar-refractivity contribution in [3.63, 3.8) is 0 Å². The average Bonchev–Trinajstić information content (AvgIpc) is 2.48. The number of thioether (sulfide) groups is 1. The first kappa shape index (κ1) is 6.43. The lowest BCUT2D eigenvalue weighted by molar-refractivity contribution is 0.583. The summed E-state index contributed by atoms with van der Waals surface area (Å²) < 4.78 is 0. The Kier molecular flexibility index (Phi) is 2.20. The zero-order chi connectivity index (χ0) is 5.98. The number of nitrogens with zero attached hydrogens (tertiary/aromatic N) is 1. The molecule has 1 aliphatic heterocycles. The highest BCUT2D eigenvalue weighted by atomic mass is 32.2. The maximum atomic E-state index is 2.47. The molecule has 1 aliphatic rings. The molecule has 8 heavy (non-hydrogen) atoms. The predicted molar refractivity (Wildman–Crippen MR) is 39.2 cm³/mol. The van der Waals surface area contributed by atoms with Crippen molar-refractivity contribution in [3.05, 3.63) is 0 Å². The maximum absolute atomic E-state index is 2.47. The van der Waals surface area contributed by atoms with Crippen LogP contribution in [0.15, 0.2) is 0 Å². The van der Waals surface area contributed by atoms with Crippen LogP contribution in [0.5, 0.6) is 0 Å². The Balaban J connectivity index is 1.99. The molecule has 0 aromatic carbocycles. The van der Waals surface area contributed by atoms with Gasteiger partial charge in [-0.2, -0.15) is 0 Å². The normalized spacial score (nSPS) is 35.2. The molecule has 1 saturated heterocycles. The van der Waals surface area contributed by atoms with Crippen molar-refractivity contribution in [2.75, 3.05) is 18.8 Å². The molecule has 2 heteroatoms. The summed E-state index contributed by atoms with van der Waals surface area (Å²) >= 11 is 2.06. The van der Waals surface area contributed by atoms with E-state index in [9.17, 15) is 0 Å². The largest absolute Gasteiger partial charge is 0.288 e. The second kappa shape index (κ2) is 2.74. The molecule has 1 fully saturated rings. The van der Waals surface area contributed by atoms with Crippen molar-refractivity contribution in [2.24, 2.45) is 0 Å². The van der Waals surface area contributed by atoms with Gasteiger partial charge in [0, 0.05) is 6.54 Å². The van der Waals surface area contributed by atoms with Gasteiger partial charge in [-0.25, -0.2) is 0 Å². The molecular formula is C6H13NS. The minimum atomic E-state index is 0.880. The summed E-state index contributed by atoms with van der Waals surface area (Å²) in [5.74, 6) is 1.27. The van der Waals surface area contributed by atoms with E-state index in [4.69, 9.17) is 0 Å². The number of rotatable bonds is 3. The van der Waals surface area contributed by atoms with E-state index >= 15 is 0 Å². The highest BCUT2D eigenvalue weighted by Crippen LogP contribution is 2.27. The van der Waals surface area contributed by atoms with E-state index in [1.165, 1.54) is 18.8 Å². The third kappa shape index (κ3) is 1.39. The predicted octanol–water partition coefficient (Wildman–Crippen LogP) is 1.40. The topological polar surface area (TPSA) is 3.01 Å². The van der Waals surface area contributed by atoms with Gasteiger partial charge in [0.15, 0.2) is 0 Å². The first-order valence-corrected chi connectivity index (χ1v) is 4.29. The van der Waals surface area contributed by atoms with Gasteiger partial charge in [0.2, 0.25) is 0 Å². The van der Waals surface area contributed by atoms with Gasteiger partial charge in [-0.05, 0) is 12.3 Å². The molecule has 1 unspecified atom stereocenters. The van der Waals surface area contributed by atoms with Crippen molar-refractivity contribution in [1.29, 1.82) is 0 Å². The van der Waals surface area contributed by atoms with Crippen molar-refractivity contribution < 1.29 is 0 Å². The molecule has 0 saturated carbocycles. The van der Waals surface area contributed by atoms with Crippen molar-refractivity contribution in [2.45, 2.75) is 19.2 Å². The third-order valence-electron chi connectivity index (χ3n) is 1.43. The Labute approximate surface area is 55.4 Å². The second-order valence-corrected chi connectivity index (χ2v) is 3.45. The summed E-state index contributed by atoms with van der Waals surface area (Å²) in [7, 11) is 0. The maximum Gasteiger partial charge on any atom is 0.0687 e. The molecule has 0 amide bonds.